The first kappa shape index (κ1) is 13.2. The van der Waals surface area contributed by atoms with E-state index in [1.807, 2.05) is 0 Å². The van der Waals surface area contributed by atoms with Gasteiger partial charge in [0.15, 0.2) is 5.82 Å². The van der Waals surface area contributed by atoms with Crippen molar-refractivity contribution in [3.8, 4) is 0 Å². The first-order valence-corrected chi connectivity index (χ1v) is 4.40. The maximum Gasteiger partial charge on any atom is 0.270 e. The second-order valence-corrected chi connectivity index (χ2v) is 2.78. The number of hydrogen-bond acceptors (Lipinski definition) is 4. The van der Waals surface area contributed by atoms with Crippen LogP contribution >= 0.6 is 0 Å². The van der Waals surface area contributed by atoms with Gasteiger partial charge in [-0.1, -0.05) is 0 Å². The standard InChI is InChI=1S/C9H16N4O2/c1-5-12-8(13(4)6(2)14)7(10)9(15)11-3/h5H,10H2,1-4H3,(H,11,15)/b8-7+,12-5-. The van der Waals surface area contributed by atoms with Gasteiger partial charge in [0, 0.05) is 27.2 Å². The molecule has 6 heteroatoms. The van der Waals surface area contributed by atoms with Crippen LogP contribution in [-0.2, 0) is 9.59 Å². The van der Waals surface area contributed by atoms with Gasteiger partial charge >= 0.3 is 0 Å². The van der Waals surface area contributed by atoms with Gasteiger partial charge in [-0.25, -0.2) is 4.99 Å². The molecule has 0 unspecified atom stereocenters. The number of carbonyl (C=O) groups is 2. The summed E-state index contributed by atoms with van der Waals surface area (Å²) in [5.41, 5.74) is 5.47. The first-order valence-electron chi connectivity index (χ1n) is 4.40. The van der Waals surface area contributed by atoms with Crippen LogP contribution in [0.2, 0.25) is 0 Å². The molecular weight excluding hydrogens is 196 g/mol. The van der Waals surface area contributed by atoms with Crippen molar-refractivity contribution >= 4 is 18.0 Å². The molecule has 0 aromatic heterocycles. The van der Waals surface area contributed by atoms with Gasteiger partial charge in [0.1, 0.15) is 5.70 Å². The van der Waals surface area contributed by atoms with Crippen molar-refractivity contribution in [2.75, 3.05) is 14.1 Å². The number of aliphatic imine (C=N–C) groups is 1. The molecule has 84 valence electrons. The monoisotopic (exact) mass is 212 g/mol. The predicted octanol–water partition coefficient (Wildman–Crippen LogP) is -0.571. The number of carbonyl (C=O) groups excluding carboxylic acids is 2. The molecule has 0 aliphatic heterocycles. The van der Waals surface area contributed by atoms with E-state index in [-0.39, 0.29) is 17.4 Å². The summed E-state index contributed by atoms with van der Waals surface area (Å²) in [4.78, 5) is 27.5. The Labute approximate surface area is 88.8 Å². The Morgan fingerprint density at radius 2 is 2.00 bits per heavy atom. The molecule has 15 heavy (non-hydrogen) atoms. The largest absolute Gasteiger partial charge is 0.391 e. The quantitative estimate of drug-likeness (QED) is 0.485. The van der Waals surface area contributed by atoms with E-state index in [2.05, 4.69) is 10.3 Å². The predicted molar refractivity (Wildman–Crippen MR) is 57.9 cm³/mol. The van der Waals surface area contributed by atoms with Crippen molar-refractivity contribution in [2.45, 2.75) is 13.8 Å². The zero-order chi connectivity index (χ0) is 12.0. The highest BCUT2D eigenvalue weighted by Crippen LogP contribution is 2.06. The van der Waals surface area contributed by atoms with Gasteiger partial charge in [0.2, 0.25) is 5.91 Å². The van der Waals surface area contributed by atoms with E-state index in [9.17, 15) is 9.59 Å². The van der Waals surface area contributed by atoms with E-state index in [0.717, 1.165) is 0 Å². The molecule has 0 aliphatic carbocycles. The Bertz CT molecular complexity index is 320. The minimum atomic E-state index is -0.469. The summed E-state index contributed by atoms with van der Waals surface area (Å²) in [6.07, 6.45) is 1.46. The molecule has 0 aromatic carbocycles. The van der Waals surface area contributed by atoms with E-state index in [1.165, 1.54) is 32.1 Å². The fourth-order valence-electron chi connectivity index (χ4n) is 0.844. The SMILES string of the molecule is C/C=N\C(=C(/N)C(=O)NC)N(C)C(C)=O. The summed E-state index contributed by atoms with van der Waals surface area (Å²) in [6.45, 7) is 3.04. The normalized spacial score (nSPS) is 12.3. The molecule has 2 amide bonds. The Balaban J connectivity index is 5.28. The van der Waals surface area contributed by atoms with Gasteiger partial charge in [-0.05, 0) is 6.92 Å². The van der Waals surface area contributed by atoms with Gasteiger partial charge < -0.3 is 11.1 Å². The molecule has 0 saturated heterocycles. The van der Waals surface area contributed by atoms with Gasteiger partial charge in [-0.15, -0.1) is 0 Å². The van der Waals surface area contributed by atoms with Gasteiger partial charge in [0.05, 0.1) is 0 Å². The first-order chi connectivity index (χ1) is 6.95. The van der Waals surface area contributed by atoms with E-state index in [0.29, 0.717) is 0 Å². The van der Waals surface area contributed by atoms with Gasteiger partial charge in [-0.3, -0.25) is 14.5 Å². The molecule has 0 fully saturated rings. The zero-order valence-corrected chi connectivity index (χ0v) is 9.37. The lowest BCUT2D eigenvalue weighted by Crippen LogP contribution is -2.32. The highest BCUT2D eigenvalue weighted by Gasteiger charge is 2.15. The fraction of sp³-hybridized carbons (Fsp3) is 0.444. The zero-order valence-electron chi connectivity index (χ0n) is 9.37. The molecule has 0 radical (unpaired) electrons. The summed E-state index contributed by atoms with van der Waals surface area (Å²) in [7, 11) is 2.96. The van der Waals surface area contributed by atoms with Crippen LogP contribution in [-0.4, -0.2) is 37.0 Å². The van der Waals surface area contributed by atoms with Crippen LogP contribution in [0.25, 0.3) is 0 Å². The second kappa shape index (κ2) is 5.79. The van der Waals surface area contributed by atoms with Crippen LogP contribution in [0.4, 0.5) is 0 Å². The number of likely N-dealkylation sites (N-methyl/N-ethyl adjacent to an activating group) is 1. The third kappa shape index (κ3) is 3.41. The maximum atomic E-state index is 11.2. The van der Waals surface area contributed by atoms with Crippen molar-refractivity contribution in [3.63, 3.8) is 0 Å². The molecular formula is C9H16N4O2. The van der Waals surface area contributed by atoms with Crippen molar-refractivity contribution in [3.05, 3.63) is 11.5 Å². The van der Waals surface area contributed by atoms with E-state index in [1.54, 1.807) is 6.92 Å². The van der Waals surface area contributed by atoms with Crippen LogP contribution in [0.1, 0.15) is 13.8 Å². The van der Waals surface area contributed by atoms with Gasteiger partial charge in [0.25, 0.3) is 5.91 Å². The van der Waals surface area contributed by atoms with Crippen LogP contribution in [0.3, 0.4) is 0 Å². The minimum Gasteiger partial charge on any atom is -0.391 e. The minimum absolute atomic E-state index is 0.0895. The molecule has 6 nitrogen and oxygen atoms in total. The second-order valence-electron chi connectivity index (χ2n) is 2.78. The Kier molecular flexibility index (Phi) is 5.08. The molecule has 0 aromatic rings. The maximum absolute atomic E-state index is 11.2. The third-order valence-corrected chi connectivity index (χ3v) is 1.75. The molecule has 0 atom stereocenters. The fourth-order valence-corrected chi connectivity index (χ4v) is 0.844. The third-order valence-electron chi connectivity index (χ3n) is 1.75. The Morgan fingerprint density at radius 1 is 1.47 bits per heavy atom. The highest BCUT2D eigenvalue weighted by molar-refractivity contribution is 5.93. The number of nitrogens with two attached hydrogens (primary N) is 1. The lowest BCUT2D eigenvalue weighted by atomic mass is 10.4. The lowest BCUT2D eigenvalue weighted by molar-refractivity contribution is -0.125. The molecule has 0 saturated carbocycles. The lowest BCUT2D eigenvalue weighted by Gasteiger charge is -2.16. The number of amides is 2. The number of rotatable bonds is 3. The Morgan fingerprint density at radius 3 is 2.33 bits per heavy atom. The molecule has 0 rings (SSSR count). The summed E-state index contributed by atoms with van der Waals surface area (Å²) in [5, 5.41) is 2.36. The molecule has 0 aliphatic rings. The van der Waals surface area contributed by atoms with E-state index >= 15 is 0 Å². The van der Waals surface area contributed by atoms with Crippen LogP contribution < -0.4 is 11.1 Å². The number of nitrogens with one attached hydrogen (secondary N) is 1. The average Bonchev–Trinajstić information content (AvgIpc) is 2.22. The molecule has 0 bridgehead atoms. The topological polar surface area (TPSA) is 87.8 Å². The van der Waals surface area contributed by atoms with Crippen LogP contribution in [0, 0.1) is 0 Å². The number of nitrogens with zero attached hydrogens (tertiary/aromatic N) is 2. The number of hydrogen-bond donors (Lipinski definition) is 2. The summed E-state index contributed by atoms with van der Waals surface area (Å²) < 4.78 is 0. The summed E-state index contributed by atoms with van der Waals surface area (Å²) >= 11 is 0. The smallest absolute Gasteiger partial charge is 0.270 e. The average molecular weight is 212 g/mol. The summed E-state index contributed by atoms with van der Waals surface area (Å²) in [6, 6.07) is 0. The van der Waals surface area contributed by atoms with Crippen molar-refractivity contribution < 1.29 is 9.59 Å². The molecule has 0 heterocycles. The van der Waals surface area contributed by atoms with Crippen molar-refractivity contribution in [1.82, 2.24) is 10.2 Å². The highest BCUT2D eigenvalue weighted by atomic mass is 16.2. The molecule has 0 spiro atoms. The van der Waals surface area contributed by atoms with Gasteiger partial charge in [-0.2, -0.15) is 0 Å². The van der Waals surface area contributed by atoms with E-state index in [4.69, 9.17) is 5.73 Å². The van der Waals surface area contributed by atoms with Crippen molar-refractivity contribution in [2.24, 2.45) is 10.7 Å². The Hall–Kier alpha value is -1.85. The van der Waals surface area contributed by atoms with Crippen LogP contribution in [0.15, 0.2) is 16.5 Å². The van der Waals surface area contributed by atoms with Crippen LogP contribution in [0.5, 0.6) is 0 Å². The van der Waals surface area contributed by atoms with E-state index < -0.39 is 5.91 Å². The van der Waals surface area contributed by atoms with Crippen molar-refractivity contribution in [1.29, 1.82) is 0 Å². The summed E-state index contributed by atoms with van der Waals surface area (Å²) in [5.74, 6) is -0.574. The molecule has 3 N–H and O–H groups in total.